The molecule has 0 unspecified atom stereocenters. The Labute approximate surface area is 135 Å². The van der Waals surface area contributed by atoms with Crippen LogP contribution in [0.4, 0.5) is 13.2 Å². The molecule has 0 atom stereocenters. The summed E-state index contributed by atoms with van der Waals surface area (Å²) in [6, 6.07) is -0.488. The first kappa shape index (κ1) is 16.8. The number of nitrogens with zero attached hydrogens (tertiary/aromatic N) is 2. The van der Waals surface area contributed by atoms with Crippen LogP contribution in [0.2, 0.25) is 0 Å². The van der Waals surface area contributed by atoms with E-state index in [1.807, 2.05) is 0 Å². The molecule has 132 valence electrons. The van der Waals surface area contributed by atoms with Crippen molar-refractivity contribution in [2.24, 2.45) is 11.3 Å². The fourth-order valence-electron chi connectivity index (χ4n) is 3.94. The van der Waals surface area contributed by atoms with Crippen LogP contribution in [-0.4, -0.2) is 33.4 Å². The molecule has 24 heavy (non-hydrogen) atoms. The second kappa shape index (κ2) is 5.49. The van der Waals surface area contributed by atoms with Gasteiger partial charge in [0.1, 0.15) is 5.56 Å². The van der Waals surface area contributed by atoms with Crippen molar-refractivity contribution in [3.63, 3.8) is 0 Å². The van der Waals surface area contributed by atoms with Crippen LogP contribution >= 0.6 is 0 Å². The van der Waals surface area contributed by atoms with Crippen molar-refractivity contribution in [3.05, 3.63) is 17.5 Å². The molecule has 0 saturated heterocycles. The Bertz CT molecular complexity index is 669. The van der Waals surface area contributed by atoms with E-state index >= 15 is 0 Å². The number of carboxylic acid groups (broad SMARTS) is 1. The van der Waals surface area contributed by atoms with Crippen molar-refractivity contribution in [1.82, 2.24) is 9.78 Å². The normalized spacial score (nSPS) is 29.0. The van der Waals surface area contributed by atoms with Crippen molar-refractivity contribution >= 4 is 11.9 Å². The quantitative estimate of drug-likeness (QED) is 0.848. The molecule has 2 aliphatic rings. The maximum absolute atomic E-state index is 13.2. The molecule has 2 saturated carbocycles. The van der Waals surface area contributed by atoms with Gasteiger partial charge in [0.05, 0.1) is 24.8 Å². The van der Waals surface area contributed by atoms with Gasteiger partial charge in [-0.2, -0.15) is 18.3 Å². The topological polar surface area (TPSA) is 81.4 Å². The first-order valence-electron chi connectivity index (χ1n) is 7.71. The number of carbonyl (C=O) groups is 2. The molecule has 1 heterocycles. The Balaban J connectivity index is 1.69. The zero-order chi connectivity index (χ0) is 17.7. The summed E-state index contributed by atoms with van der Waals surface area (Å²) < 4.78 is 45.3. The lowest BCUT2D eigenvalue weighted by molar-refractivity contribution is -0.165. The summed E-state index contributed by atoms with van der Waals surface area (Å²) >= 11 is 0. The van der Waals surface area contributed by atoms with E-state index in [0.717, 1.165) is 10.9 Å². The molecule has 9 heteroatoms. The summed E-state index contributed by atoms with van der Waals surface area (Å²) in [4.78, 5) is 22.6. The number of aromatic carboxylic acids is 1. The molecule has 0 bridgehead atoms. The van der Waals surface area contributed by atoms with Crippen molar-refractivity contribution in [1.29, 1.82) is 0 Å². The minimum atomic E-state index is -4.78. The number of aromatic nitrogens is 2. The Morgan fingerprint density at radius 2 is 2.00 bits per heavy atom. The number of carbonyl (C=O) groups excluding carboxylic acids is 1. The van der Waals surface area contributed by atoms with Crippen LogP contribution in [0.5, 0.6) is 0 Å². The van der Waals surface area contributed by atoms with Gasteiger partial charge in [-0.1, -0.05) is 0 Å². The maximum Gasteiger partial charge on any atom is 0.433 e. The van der Waals surface area contributed by atoms with E-state index in [-0.39, 0.29) is 17.3 Å². The molecule has 0 radical (unpaired) electrons. The largest absolute Gasteiger partial charge is 0.478 e. The van der Waals surface area contributed by atoms with Gasteiger partial charge < -0.3 is 9.84 Å². The molecule has 2 fully saturated rings. The number of hydrogen-bond donors (Lipinski definition) is 1. The molecule has 3 rings (SSSR count). The third-order valence-electron chi connectivity index (χ3n) is 4.96. The van der Waals surface area contributed by atoms with Gasteiger partial charge in [0.2, 0.25) is 0 Å². The first-order valence-corrected chi connectivity index (χ1v) is 7.71. The third kappa shape index (κ3) is 2.65. The highest BCUT2D eigenvalue weighted by molar-refractivity contribution is 5.88. The summed E-state index contributed by atoms with van der Waals surface area (Å²) in [6.07, 6.45) is -1.88. The summed E-state index contributed by atoms with van der Waals surface area (Å²) in [5.74, 6) is -2.08. The van der Waals surface area contributed by atoms with Gasteiger partial charge in [0.25, 0.3) is 0 Å². The molecule has 2 aliphatic carbocycles. The van der Waals surface area contributed by atoms with E-state index in [1.165, 1.54) is 0 Å². The second-order valence-corrected chi connectivity index (χ2v) is 6.57. The zero-order valence-corrected chi connectivity index (χ0v) is 13.0. The molecule has 6 nitrogen and oxygen atoms in total. The number of carboxylic acids is 1. The molecule has 0 amide bonds. The summed E-state index contributed by atoms with van der Waals surface area (Å²) in [7, 11) is 0. The standard InChI is InChI=1S/C15H17F3N2O4/c1-2-24-13(23)8-3-14(4-8)5-9(6-14)20-11(15(16,17)18)10(7-19-20)12(21)22/h7-9H,2-6H2,1H3,(H,21,22)/t8-,9-,14?. The van der Waals surface area contributed by atoms with Gasteiger partial charge in [-0.3, -0.25) is 9.48 Å². The van der Waals surface area contributed by atoms with E-state index in [9.17, 15) is 22.8 Å². The van der Waals surface area contributed by atoms with Crippen LogP contribution in [0, 0.1) is 11.3 Å². The first-order chi connectivity index (χ1) is 11.2. The van der Waals surface area contributed by atoms with Crippen molar-refractivity contribution in [3.8, 4) is 0 Å². The summed E-state index contributed by atoms with van der Waals surface area (Å²) in [5.41, 5.74) is -2.18. The van der Waals surface area contributed by atoms with Crippen LogP contribution in [0.1, 0.15) is 54.7 Å². The minimum Gasteiger partial charge on any atom is -0.478 e. The highest BCUT2D eigenvalue weighted by Gasteiger charge is 2.57. The molecule has 1 aromatic heterocycles. The highest BCUT2D eigenvalue weighted by atomic mass is 19.4. The fraction of sp³-hybridized carbons (Fsp3) is 0.667. The van der Waals surface area contributed by atoms with Gasteiger partial charge in [-0.05, 0) is 38.0 Å². The van der Waals surface area contributed by atoms with Gasteiger partial charge in [-0.25, -0.2) is 4.79 Å². The van der Waals surface area contributed by atoms with Crippen molar-refractivity contribution < 1.29 is 32.6 Å². The lowest BCUT2D eigenvalue weighted by atomic mass is 9.50. The second-order valence-electron chi connectivity index (χ2n) is 6.57. The number of hydrogen-bond acceptors (Lipinski definition) is 4. The van der Waals surface area contributed by atoms with E-state index in [1.54, 1.807) is 6.92 Å². The molecule has 1 aromatic rings. The van der Waals surface area contributed by atoms with Crippen LogP contribution < -0.4 is 0 Å². The minimum absolute atomic E-state index is 0.139. The smallest absolute Gasteiger partial charge is 0.433 e. The van der Waals surface area contributed by atoms with Gasteiger partial charge >= 0.3 is 18.1 Å². The highest BCUT2D eigenvalue weighted by Crippen LogP contribution is 2.63. The number of halogens is 3. The molecular weight excluding hydrogens is 329 g/mol. The lowest BCUT2D eigenvalue weighted by Crippen LogP contribution is -2.51. The van der Waals surface area contributed by atoms with E-state index < -0.39 is 29.4 Å². The molecular formula is C15H17F3N2O4. The molecule has 0 aromatic carbocycles. The zero-order valence-electron chi connectivity index (χ0n) is 13.0. The monoisotopic (exact) mass is 346 g/mol. The van der Waals surface area contributed by atoms with E-state index in [2.05, 4.69) is 5.10 Å². The van der Waals surface area contributed by atoms with E-state index in [0.29, 0.717) is 32.3 Å². The predicted octanol–water partition coefficient (Wildman–Crippen LogP) is 2.89. The fourth-order valence-corrected chi connectivity index (χ4v) is 3.94. The molecule has 1 spiro atoms. The Hall–Kier alpha value is -2.06. The van der Waals surface area contributed by atoms with Crippen molar-refractivity contribution in [2.45, 2.75) is 44.8 Å². The number of alkyl halides is 3. The van der Waals surface area contributed by atoms with Crippen molar-refractivity contribution in [2.75, 3.05) is 6.61 Å². The average Bonchev–Trinajstić information content (AvgIpc) is 2.80. The summed E-state index contributed by atoms with van der Waals surface area (Å²) in [6.45, 7) is 2.03. The van der Waals surface area contributed by atoms with Crippen LogP contribution in [0.3, 0.4) is 0 Å². The van der Waals surface area contributed by atoms with E-state index in [4.69, 9.17) is 9.84 Å². The van der Waals surface area contributed by atoms with Gasteiger partial charge in [0, 0.05) is 0 Å². The molecule has 0 aliphatic heterocycles. The Morgan fingerprint density at radius 1 is 1.38 bits per heavy atom. The predicted molar refractivity (Wildman–Crippen MR) is 74.2 cm³/mol. The molecule has 1 N–H and O–H groups in total. The van der Waals surface area contributed by atoms with Crippen LogP contribution in [-0.2, 0) is 15.7 Å². The number of ether oxygens (including phenoxy) is 1. The Kier molecular flexibility index (Phi) is 3.84. The average molecular weight is 346 g/mol. The van der Waals surface area contributed by atoms with Crippen LogP contribution in [0.25, 0.3) is 0 Å². The Morgan fingerprint density at radius 3 is 2.50 bits per heavy atom. The van der Waals surface area contributed by atoms with Crippen LogP contribution in [0.15, 0.2) is 6.20 Å². The maximum atomic E-state index is 13.2. The lowest BCUT2D eigenvalue weighted by Gasteiger charge is -2.56. The SMILES string of the molecule is CCOC(=O)[C@H]1CC2(C1)C[C@H](n1ncc(C(=O)O)c1C(F)(F)F)C2. The third-order valence-corrected chi connectivity index (χ3v) is 4.96. The summed E-state index contributed by atoms with van der Waals surface area (Å²) in [5, 5.41) is 12.6. The van der Waals surface area contributed by atoms with Gasteiger partial charge in [-0.15, -0.1) is 0 Å². The number of rotatable bonds is 4. The number of esters is 1. The van der Waals surface area contributed by atoms with Gasteiger partial charge in [0.15, 0.2) is 5.69 Å².